The van der Waals surface area contributed by atoms with E-state index in [9.17, 15) is 0 Å². The first-order valence-electron chi connectivity index (χ1n) is 6.26. The standard InChI is InChI=1S/C12H21N3S/c1-2-10-9-16-12(14-10)15(8-4-7-13)11-5-3-6-11/h9,11H,2-8,13H2,1H3. The molecule has 1 aromatic rings. The number of nitrogens with zero attached hydrogens (tertiary/aromatic N) is 2. The second-order valence-corrected chi connectivity index (χ2v) is 5.23. The maximum atomic E-state index is 5.60. The number of hydrogen-bond donors (Lipinski definition) is 1. The molecular weight excluding hydrogens is 218 g/mol. The van der Waals surface area contributed by atoms with Gasteiger partial charge in [-0.1, -0.05) is 6.92 Å². The van der Waals surface area contributed by atoms with Crippen LogP contribution in [0.5, 0.6) is 0 Å². The molecule has 0 bridgehead atoms. The molecule has 90 valence electrons. The van der Waals surface area contributed by atoms with Crippen LogP contribution in [0.1, 0.15) is 38.3 Å². The number of hydrogen-bond acceptors (Lipinski definition) is 4. The van der Waals surface area contributed by atoms with Crippen LogP contribution >= 0.6 is 11.3 Å². The number of aryl methyl sites for hydroxylation is 1. The van der Waals surface area contributed by atoms with Crippen LogP contribution in [0.4, 0.5) is 5.13 Å². The highest BCUT2D eigenvalue weighted by molar-refractivity contribution is 7.13. The Bertz CT molecular complexity index is 320. The van der Waals surface area contributed by atoms with E-state index in [1.807, 2.05) is 0 Å². The first kappa shape index (κ1) is 11.9. The number of thiazole rings is 1. The monoisotopic (exact) mass is 239 g/mol. The number of anilines is 1. The Hall–Kier alpha value is -0.610. The molecule has 0 spiro atoms. The minimum absolute atomic E-state index is 0.724. The van der Waals surface area contributed by atoms with E-state index in [1.165, 1.54) is 30.1 Å². The van der Waals surface area contributed by atoms with Crippen LogP contribution in [0.3, 0.4) is 0 Å². The van der Waals surface area contributed by atoms with Crippen LogP contribution in [0.25, 0.3) is 0 Å². The fourth-order valence-corrected chi connectivity index (χ4v) is 2.99. The molecule has 1 saturated carbocycles. The molecule has 0 aliphatic heterocycles. The molecule has 3 nitrogen and oxygen atoms in total. The zero-order valence-electron chi connectivity index (χ0n) is 9.98. The van der Waals surface area contributed by atoms with E-state index in [1.54, 1.807) is 11.3 Å². The maximum Gasteiger partial charge on any atom is 0.185 e. The maximum absolute atomic E-state index is 5.60. The molecule has 2 rings (SSSR count). The molecule has 0 radical (unpaired) electrons. The van der Waals surface area contributed by atoms with Crippen LogP contribution in [-0.2, 0) is 6.42 Å². The van der Waals surface area contributed by atoms with Crippen LogP contribution in [-0.4, -0.2) is 24.1 Å². The molecule has 0 amide bonds. The molecule has 0 atom stereocenters. The van der Waals surface area contributed by atoms with Crippen molar-refractivity contribution in [1.82, 2.24) is 4.98 Å². The van der Waals surface area contributed by atoms with Crippen molar-refractivity contribution in [3.05, 3.63) is 11.1 Å². The van der Waals surface area contributed by atoms with E-state index >= 15 is 0 Å². The predicted molar refractivity (Wildman–Crippen MR) is 70.1 cm³/mol. The van der Waals surface area contributed by atoms with E-state index in [0.29, 0.717) is 0 Å². The van der Waals surface area contributed by atoms with E-state index in [4.69, 9.17) is 5.73 Å². The topological polar surface area (TPSA) is 42.1 Å². The summed E-state index contributed by atoms with van der Waals surface area (Å²) in [6, 6.07) is 0.724. The van der Waals surface area contributed by atoms with Crippen LogP contribution < -0.4 is 10.6 Å². The molecule has 1 aliphatic rings. The summed E-state index contributed by atoms with van der Waals surface area (Å²) in [5, 5.41) is 3.39. The Kier molecular flexibility index (Phi) is 4.18. The van der Waals surface area contributed by atoms with Crippen molar-refractivity contribution in [1.29, 1.82) is 0 Å². The molecule has 0 aromatic carbocycles. The smallest absolute Gasteiger partial charge is 0.185 e. The van der Waals surface area contributed by atoms with Gasteiger partial charge in [0.05, 0.1) is 5.69 Å². The highest BCUT2D eigenvalue weighted by Crippen LogP contribution is 2.31. The number of nitrogens with two attached hydrogens (primary N) is 1. The summed E-state index contributed by atoms with van der Waals surface area (Å²) in [6.45, 7) is 4.00. The molecule has 1 aliphatic carbocycles. The minimum atomic E-state index is 0.724. The molecule has 1 heterocycles. The van der Waals surface area contributed by atoms with Crippen molar-refractivity contribution in [2.45, 2.75) is 45.1 Å². The van der Waals surface area contributed by atoms with Crippen molar-refractivity contribution >= 4 is 16.5 Å². The van der Waals surface area contributed by atoms with Gasteiger partial charge in [0.25, 0.3) is 0 Å². The van der Waals surface area contributed by atoms with Crippen LogP contribution in [0, 0.1) is 0 Å². The van der Waals surface area contributed by atoms with Crippen molar-refractivity contribution in [2.24, 2.45) is 5.73 Å². The zero-order chi connectivity index (χ0) is 11.4. The average molecular weight is 239 g/mol. The summed E-state index contributed by atoms with van der Waals surface area (Å²) in [5.41, 5.74) is 6.82. The average Bonchev–Trinajstić information content (AvgIpc) is 2.69. The summed E-state index contributed by atoms with van der Waals surface area (Å²) in [6.07, 6.45) is 6.12. The van der Waals surface area contributed by atoms with Crippen molar-refractivity contribution in [3.8, 4) is 0 Å². The Morgan fingerprint density at radius 3 is 2.88 bits per heavy atom. The molecule has 1 aromatic heterocycles. The Balaban J connectivity index is 2.04. The first-order chi connectivity index (χ1) is 7.85. The lowest BCUT2D eigenvalue weighted by atomic mass is 9.92. The predicted octanol–water partition coefficient (Wildman–Crippen LogP) is 2.41. The van der Waals surface area contributed by atoms with Gasteiger partial charge in [-0.15, -0.1) is 11.3 Å². The lowest BCUT2D eigenvalue weighted by molar-refractivity contribution is 0.384. The van der Waals surface area contributed by atoms with E-state index in [2.05, 4.69) is 22.2 Å². The third kappa shape index (κ3) is 2.55. The van der Waals surface area contributed by atoms with Gasteiger partial charge in [-0.2, -0.15) is 0 Å². The third-order valence-electron chi connectivity index (χ3n) is 3.27. The van der Waals surface area contributed by atoms with Gasteiger partial charge >= 0.3 is 0 Å². The van der Waals surface area contributed by atoms with Gasteiger partial charge in [-0.25, -0.2) is 4.98 Å². The summed E-state index contributed by atoms with van der Waals surface area (Å²) in [7, 11) is 0. The van der Waals surface area contributed by atoms with Crippen LogP contribution in [0.15, 0.2) is 5.38 Å². The van der Waals surface area contributed by atoms with Gasteiger partial charge in [0.2, 0.25) is 0 Å². The lowest BCUT2D eigenvalue weighted by Gasteiger charge is -2.37. The number of rotatable bonds is 6. The summed E-state index contributed by atoms with van der Waals surface area (Å²) in [4.78, 5) is 7.16. The van der Waals surface area contributed by atoms with E-state index < -0.39 is 0 Å². The van der Waals surface area contributed by atoms with Gasteiger partial charge < -0.3 is 10.6 Å². The third-order valence-corrected chi connectivity index (χ3v) is 4.19. The minimum Gasteiger partial charge on any atom is -0.345 e. The van der Waals surface area contributed by atoms with E-state index in [0.717, 1.165) is 32.0 Å². The molecule has 1 fully saturated rings. The van der Waals surface area contributed by atoms with Crippen molar-refractivity contribution < 1.29 is 0 Å². The summed E-state index contributed by atoms with van der Waals surface area (Å²) >= 11 is 1.78. The van der Waals surface area contributed by atoms with Gasteiger partial charge in [-0.05, 0) is 38.6 Å². The number of aromatic nitrogens is 1. The fraction of sp³-hybridized carbons (Fsp3) is 0.750. The fourth-order valence-electron chi connectivity index (χ4n) is 1.98. The zero-order valence-corrected chi connectivity index (χ0v) is 10.8. The van der Waals surface area contributed by atoms with E-state index in [-0.39, 0.29) is 0 Å². The van der Waals surface area contributed by atoms with Gasteiger partial charge in [0.15, 0.2) is 5.13 Å². The second kappa shape index (κ2) is 5.64. The first-order valence-corrected chi connectivity index (χ1v) is 7.14. The van der Waals surface area contributed by atoms with Gasteiger partial charge in [-0.3, -0.25) is 0 Å². The highest BCUT2D eigenvalue weighted by Gasteiger charge is 2.26. The Morgan fingerprint density at radius 1 is 1.56 bits per heavy atom. The molecule has 0 saturated heterocycles. The molecular formula is C12H21N3S. The lowest BCUT2D eigenvalue weighted by Crippen LogP contribution is -2.41. The second-order valence-electron chi connectivity index (χ2n) is 4.40. The highest BCUT2D eigenvalue weighted by atomic mass is 32.1. The van der Waals surface area contributed by atoms with Crippen molar-refractivity contribution in [2.75, 3.05) is 18.0 Å². The van der Waals surface area contributed by atoms with Gasteiger partial charge in [0, 0.05) is 18.0 Å². The summed E-state index contributed by atoms with van der Waals surface area (Å²) in [5.74, 6) is 0. The van der Waals surface area contributed by atoms with Crippen molar-refractivity contribution in [3.63, 3.8) is 0 Å². The largest absolute Gasteiger partial charge is 0.345 e. The molecule has 2 N–H and O–H groups in total. The SMILES string of the molecule is CCc1csc(N(CCCN)C2CCC2)n1. The molecule has 4 heteroatoms. The normalized spacial score (nSPS) is 16.1. The Labute approximate surface area is 102 Å². The van der Waals surface area contributed by atoms with Crippen LogP contribution in [0.2, 0.25) is 0 Å². The molecule has 16 heavy (non-hydrogen) atoms. The quantitative estimate of drug-likeness (QED) is 0.829. The Morgan fingerprint density at radius 2 is 2.38 bits per heavy atom. The van der Waals surface area contributed by atoms with Gasteiger partial charge in [0.1, 0.15) is 0 Å². The molecule has 0 unspecified atom stereocenters. The summed E-state index contributed by atoms with van der Waals surface area (Å²) < 4.78 is 0.